The minimum absolute atomic E-state index is 0.00574. The van der Waals surface area contributed by atoms with E-state index in [1.54, 1.807) is 6.20 Å². The molecule has 1 aromatic heterocycles. The van der Waals surface area contributed by atoms with Gasteiger partial charge in [0.2, 0.25) is 0 Å². The van der Waals surface area contributed by atoms with E-state index in [1.165, 1.54) is 6.42 Å². The highest BCUT2D eigenvalue weighted by Crippen LogP contribution is 2.22. The van der Waals surface area contributed by atoms with Gasteiger partial charge in [-0.1, -0.05) is 6.07 Å². The summed E-state index contributed by atoms with van der Waals surface area (Å²) in [4.78, 5) is 21.7. The molecule has 138 valence electrons. The van der Waals surface area contributed by atoms with Crippen molar-refractivity contribution in [2.75, 3.05) is 44.7 Å². The third-order valence-corrected chi connectivity index (χ3v) is 5.31. The monoisotopic (exact) mass is 354 g/mol. The molecule has 1 atom stereocenters. The van der Waals surface area contributed by atoms with Gasteiger partial charge in [0, 0.05) is 49.5 Å². The van der Waals surface area contributed by atoms with Crippen LogP contribution in [0.5, 0.6) is 0 Å². The third kappa shape index (κ3) is 3.97. The van der Waals surface area contributed by atoms with Crippen molar-refractivity contribution in [3.05, 3.63) is 36.5 Å². The van der Waals surface area contributed by atoms with Gasteiger partial charge < -0.3 is 15.0 Å². The number of likely N-dealkylation sites (tertiary alicyclic amines) is 1. The van der Waals surface area contributed by atoms with Crippen LogP contribution in [0.1, 0.15) is 19.3 Å². The van der Waals surface area contributed by atoms with E-state index >= 15 is 0 Å². The zero-order chi connectivity index (χ0) is 17.8. The Morgan fingerprint density at radius 3 is 2.96 bits per heavy atom. The lowest BCUT2D eigenvalue weighted by Gasteiger charge is -2.39. The van der Waals surface area contributed by atoms with Crippen LogP contribution in [0.2, 0.25) is 0 Å². The van der Waals surface area contributed by atoms with Gasteiger partial charge in [-0.3, -0.25) is 9.88 Å². The van der Waals surface area contributed by atoms with Gasteiger partial charge in [-0.15, -0.1) is 0 Å². The molecule has 0 saturated carbocycles. The van der Waals surface area contributed by atoms with Crippen molar-refractivity contribution in [2.45, 2.75) is 25.3 Å². The van der Waals surface area contributed by atoms with Crippen molar-refractivity contribution in [3.63, 3.8) is 0 Å². The normalized spacial score (nSPS) is 21.7. The van der Waals surface area contributed by atoms with Gasteiger partial charge in [0.1, 0.15) is 0 Å². The Morgan fingerprint density at radius 1 is 1.19 bits per heavy atom. The lowest BCUT2D eigenvalue weighted by atomic mass is 10.0. The van der Waals surface area contributed by atoms with Crippen LogP contribution in [-0.4, -0.2) is 66.2 Å². The molecule has 1 aromatic carbocycles. The summed E-state index contributed by atoms with van der Waals surface area (Å²) >= 11 is 0. The number of amides is 2. The number of anilines is 1. The molecule has 2 fully saturated rings. The maximum atomic E-state index is 12.9. The number of fused-ring (bicyclic) bond motifs is 1. The molecule has 0 bridgehead atoms. The molecule has 2 aliphatic heterocycles. The number of piperidine rings is 1. The van der Waals surface area contributed by atoms with Gasteiger partial charge in [-0.25, -0.2) is 4.79 Å². The number of carbonyl (C=O) groups is 1. The van der Waals surface area contributed by atoms with E-state index in [-0.39, 0.29) is 12.1 Å². The average Bonchev–Trinajstić information content (AvgIpc) is 2.69. The van der Waals surface area contributed by atoms with Crippen LogP contribution in [0.25, 0.3) is 10.9 Å². The number of ether oxygens (including phenoxy) is 1. The molecule has 4 rings (SSSR count). The topological polar surface area (TPSA) is 57.7 Å². The molecule has 6 heteroatoms. The van der Waals surface area contributed by atoms with Gasteiger partial charge in [0.05, 0.1) is 18.7 Å². The first-order valence-electron chi connectivity index (χ1n) is 9.52. The van der Waals surface area contributed by atoms with Gasteiger partial charge >= 0.3 is 6.03 Å². The molecule has 3 heterocycles. The number of urea groups is 1. The van der Waals surface area contributed by atoms with E-state index < -0.39 is 0 Å². The summed E-state index contributed by atoms with van der Waals surface area (Å²) in [5.74, 6) is 0. The first kappa shape index (κ1) is 17.2. The highest BCUT2D eigenvalue weighted by molar-refractivity contribution is 5.92. The van der Waals surface area contributed by atoms with Crippen molar-refractivity contribution in [2.24, 2.45) is 0 Å². The quantitative estimate of drug-likeness (QED) is 0.921. The molecule has 2 saturated heterocycles. The predicted octanol–water partition coefficient (Wildman–Crippen LogP) is 2.95. The maximum Gasteiger partial charge on any atom is 0.322 e. The Kier molecular flexibility index (Phi) is 5.32. The second-order valence-electron chi connectivity index (χ2n) is 7.10. The van der Waals surface area contributed by atoms with Crippen LogP contribution in [0.3, 0.4) is 0 Å². The zero-order valence-corrected chi connectivity index (χ0v) is 15.1. The van der Waals surface area contributed by atoms with Gasteiger partial charge in [-0.05, 0) is 43.5 Å². The molecular weight excluding hydrogens is 328 g/mol. The highest BCUT2D eigenvalue weighted by Gasteiger charge is 2.28. The van der Waals surface area contributed by atoms with E-state index in [1.807, 2.05) is 35.2 Å². The summed E-state index contributed by atoms with van der Waals surface area (Å²) < 4.78 is 5.44. The number of aromatic nitrogens is 1. The summed E-state index contributed by atoms with van der Waals surface area (Å²) in [7, 11) is 0. The van der Waals surface area contributed by atoms with Crippen molar-refractivity contribution in [3.8, 4) is 0 Å². The molecule has 2 amide bonds. The van der Waals surface area contributed by atoms with Gasteiger partial charge in [-0.2, -0.15) is 0 Å². The summed E-state index contributed by atoms with van der Waals surface area (Å²) in [6.45, 7) is 5.29. The van der Waals surface area contributed by atoms with E-state index in [0.29, 0.717) is 0 Å². The third-order valence-electron chi connectivity index (χ3n) is 5.31. The number of nitrogens with zero attached hydrogens (tertiary/aromatic N) is 3. The van der Waals surface area contributed by atoms with Crippen molar-refractivity contribution in [1.29, 1.82) is 0 Å². The van der Waals surface area contributed by atoms with Crippen LogP contribution in [0.4, 0.5) is 10.5 Å². The van der Waals surface area contributed by atoms with Crippen LogP contribution in [0, 0.1) is 0 Å². The number of pyridine rings is 1. The molecule has 2 aliphatic rings. The Bertz CT molecular complexity index is 760. The number of hydrogen-bond donors (Lipinski definition) is 1. The molecule has 0 radical (unpaired) electrons. The molecule has 26 heavy (non-hydrogen) atoms. The van der Waals surface area contributed by atoms with Crippen LogP contribution >= 0.6 is 0 Å². The summed E-state index contributed by atoms with van der Waals surface area (Å²) in [6.07, 6.45) is 5.13. The molecule has 0 aliphatic carbocycles. The predicted molar refractivity (Wildman–Crippen MR) is 102 cm³/mol. The highest BCUT2D eigenvalue weighted by atomic mass is 16.5. The number of hydrogen-bond acceptors (Lipinski definition) is 4. The van der Waals surface area contributed by atoms with E-state index in [2.05, 4.69) is 15.2 Å². The van der Waals surface area contributed by atoms with E-state index in [4.69, 9.17) is 4.74 Å². The Labute approximate surface area is 154 Å². The molecule has 0 unspecified atom stereocenters. The second kappa shape index (κ2) is 8.01. The fourth-order valence-electron chi connectivity index (χ4n) is 3.89. The fourth-order valence-corrected chi connectivity index (χ4v) is 3.89. The maximum absolute atomic E-state index is 12.9. The molecular formula is C20H26N4O2. The van der Waals surface area contributed by atoms with Gasteiger partial charge in [0.25, 0.3) is 0 Å². The minimum atomic E-state index is 0.00574. The number of nitrogens with one attached hydrogen (secondary N) is 1. The molecule has 6 nitrogen and oxygen atoms in total. The Balaban J connectivity index is 1.43. The van der Waals surface area contributed by atoms with E-state index in [9.17, 15) is 4.79 Å². The Hall–Kier alpha value is -2.18. The first-order valence-corrected chi connectivity index (χ1v) is 9.52. The van der Waals surface area contributed by atoms with E-state index in [0.717, 1.165) is 68.8 Å². The second-order valence-corrected chi connectivity index (χ2v) is 7.10. The summed E-state index contributed by atoms with van der Waals surface area (Å²) in [5.41, 5.74) is 1.76. The molecule has 2 aromatic rings. The van der Waals surface area contributed by atoms with Crippen LogP contribution in [-0.2, 0) is 4.74 Å². The number of carbonyl (C=O) groups excluding carboxylic acids is 1. The summed E-state index contributed by atoms with van der Waals surface area (Å²) in [5, 5.41) is 4.12. The average molecular weight is 354 g/mol. The smallest absolute Gasteiger partial charge is 0.322 e. The molecule has 0 spiro atoms. The van der Waals surface area contributed by atoms with Crippen molar-refractivity contribution < 1.29 is 9.53 Å². The number of rotatable bonds is 3. The van der Waals surface area contributed by atoms with Crippen molar-refractivity contribution in [1.82, 2.24) is 14.8 Å². The number of benzene rings is 1. The SMILES string of the molecule is O=C(Nc1ccc2ncccc2c1)N1CCCC[C@H]1CN1CCOCC1. The van der Waals surface area contributed by atoms with Crippen molar-refractivity contribution >= 4 is 22.6 Å². The lowest BCUT2D eigenvalue weighted by Crippen LogP contribution is -2.52. The first-order chi connectivity index (χ1) is 12.8. The zero-order valence-electron chi connectivity index (χ0n) is 15.1. The van der Waals surface area contributed by atoms with Crippen LogP contribution < -0.4 is 5.32 Å². The van der Waals surface area contributed by atoms with Crippen LogP contribution in [0.15, 0.2) is 36.5 Å². The Morgan fingerprint density at radius 2 is 2.08 bits per heavy atom. The fraction of sp³-hybridized carbons (Fsp3) is 0.500. The number of morpholine rings is 1. The summed E-state index contributed by atoms with van der Waals surface area (Å²) in [6, 6.07) is 10.1. The molecule has 1 N–H and O–H groups in total. The van der Waals surface area contributed by atoms with Gasteiger partial charge in [0.15, 0.2) is 0 Å². The minimum Gasteiger partial charge on any atom is -0.379 e. The standard InChI is InChI=1S/C20H26N4O2/c25-20(22-17-6-7-19-16(14-17)4-3-8-21-19)24-9-2-1-5-18(24)15-23-10-12-26-13-11-23/h3-4,6-8,14,18H,1-2,5,9-13,15H2,(H,22,25)/t18-/m0/s1. The largest absolute Gasteiger partial charge is 0.379 e. The lowest BCUT2D eigenvalue weighted by molar-refractivity contribution is 0.0229.